The Kier molecular flexibility index (Phi) is 4.65. The summed E-state index contributed by atoms with van der Waals surface area (Å²) in [4.78, 5) is 17.0. The van der Waals surface area contributed by atoms with E-state index < -0.39 is 0 Å². The molecule has 0 atom stereocenters. The number of carbonyl (C=O) groups is 1. The Morgan fingerprint density at radius 2 is 1.85 bits per heavy atom. The van der Waals surface area contributed by atoms with Gasteiger partial charge in [-0.15, -0.1) is 0 Å². The van der Waals surface area contributed by atoms with Gasteiger partial charge in [0.1, 0.15) is 5.52 Å². The Balaban J connectivity index is 1.60. The van der Waals surface area contributed by atoms with Crippen molar-refractivity contribution in [3.8, 4) is 11.5 Å². The maximum absolute atomic E-state index is 12.4. The Hall–Kier alpha value is -3.11. The highest BCUT2D eigenvalue weighted by molar-refractivity contribution is 6.34. The summed E-state index contributed by atoms with van der Waals surface area (Å²) in [7, 11) is 0. The van der Waals surface area contributed by atoms with Crippen molar-refractivity contribution >= 4 is 34.3 Å². The van der Waals surface area contributed by atoms with Crippen molar-refractivity contribution in [1.82, 2.24) is 4.98 Å². The van der Waals surface area contributed by atoms with Crippen LogP contribution in [0.25, 0.3) is 22.6 Å². The van der Waals surface area contributed by atoms with Crippen molar-refractivity contribution in [2.75, 3.05) is 5.32 Å². The molecule has 0 aliphatic rings. The number of fused-ring (bicyclic) bond motifs is 1. The Labute approximate surface area is 161 Å². The molecule has 4 rings (SSSR count). The van der Waals surface area contributed by atoms with Gasteiger partial charge in [-0.3, -0.25) is 4.79 Å². The third-order valence-electron chi connectivity index (χ3n) is 4.37. The number of oxazole rings is 1. The number of carbonyl (C=O) groups excluding carboxylic acids is 1. The summed E-state index contributed by atoms with van der Waals surface area (Å²) in [6.07, 6.45) is 0.988. The van der Waals surface area contributed by atoms with Crippen LogP contribution >= 0.6 is 11.6 Å². The van der Waals surface area contributed by atoms with Crippen LogP contribution < -0.4 is 5.32 Å². The highest BCUT2D eigenvalue weighted by atomic mass is 35.5. The summed E-state index contributed by atoms with van der Waals surface area (Å²) in [5.41, 5.74) is 4.59. The largest absolute Gasteiger partial charge is 0.436 e. The van der Waals surface area contributed by atoms with Crippen LogP contribution in [-0.4, -0.2) is 10.9 Å². The van der Waals surface area contributed by atoms with E-state index in [1.807, 2.05) is 12.1 Å². The molecule has 0 aliphatic carbocycles. The van der Waals surface area contributed by atoms with E-state index >= 15 is 0 Å². The molecule has 0 saturated heterocycles. The van der Waals surface area contributed by atoms with Gasteiger partial charge in [0.2, 0.25) is 5.89 Å². The minimum atomic E-state index is -0.265. The van der Waals surface area contributed by atoms with Gasteiger partial charge in [0.25, 0.3) is 5.91 Å². The Bertz CT molecular complexity index is 1120. The van der Waals surface area contributed by atoms with Crippen molar-refractivity contribution in [1.29, 1.82) is 0 Å². The summed E-state index contributed by atoms with van der Waals surface area (Å²) < 4.78 is 5.85. The molecule has 1 aromatic heterocycles. The lowest BCUT2D eigenvalue weighted by molar-refractivity contribution is 0.102. The van der Waals surface area contributed by atoms with Crippen molar-refractivity contribution in [2.45, 2.75) is 13.3 Å². The van der Waals surface area contributed by atoms with Crippen molar-refractivity contribution in [3.05, 3.63) is 82.9 Å². The molecule has 4 nitrogen and oxygen atoms in total. The molecular formula is C22H17ClN2O2. The van der Waals surface area contributed by atoms with E-state index in [9.17, 15) is 4.79 Å². The van der Waals surface area contributed by atoms with Gasteiger partial charge in [-0.05, 0) is 54.4 Å². The van der Waals surface area contributed by atoms with Crippen molar-refractivity contribution < 1.29 is 9.21 Å². The number of aryl methyl sites for hydroxylation is 1. The Morgan fingerprint density at radius 1 is 1.07 bits per heavy atom. The first-order valence-electron chi connectivity index (χ1n) is 8.70. The predicted molar refractivity (Wildman–Crippen MR) is 108 cm³/mol. The van der Waals surface area contributed by atoms with Crippen LogP contribution in [0.1, 0.15) is 22.8 Å². The van der Waals surface area contributed by atoms with E-state index in [4.69, 9.17) is 16.0 Å². The second-order valence-electron chi connectivity index (χ2n) is 6.19. The first-order chi connectivity index (χ1) is 13.1. The van der Waals surface area contributed by atoms with E-state index in [0.717, 1.165) is 12.0 Å². The van der Waals surface area contributed by atoms with E-state index in [2.05, 4.69) is 29.4 Å². The number of aromatic nitrogens is 1. The summed E-state index contributed by atoms with van der Waals surface area (Å²) >= 11 is 6.08. The molecule has 4 aromatic rings. The first kappa shape index (κ1) is 17.3. The number of hydrogen-bond acceptors (Lipinski definition) is 3. The molecule has 1 amide bonds. The monoisotopic (exact) mass is 376 g/mol. The molecule has 0 fully saturated rings. The minimum absolute atomic E-state index is 0.265. The fourth-order valence-corrected chi connectivity index (χ4v) is 3.08. The molecule has 0 aliphatic heterocycles. The van der Waals surface area contributed by atoms with Gasteiger partial charge in [0.15, 0.2) is 5.58 Å². The summed E-state index contributed by atoms with van der Waals surface area (Å²) in [6, 6.07) is 20.5. The molecule has 1 heterocycles. The molecule has 0 unspecified atom stereocenters. The van der Waals surface area contributed by atoms with Crippen LogP contribution in [0.4, 0.5) is 5.69 Å². The number of nitrogens with zero attached hydrogens (tertiary/aromatic N) is 1. The SMILES string of the molecule is CCc1ccc(-c2nc3cc(NC(=O)c4ccccc4Cl)ccc3o2)cc1. The maximum Gasteiger partial charge on any atom is 0.257 e. The number of halogens is 1. The zero-order valence-corrected chi connectivity index (χ0v) is 15.5. The standard InChI is InChI=1S/C22H17ClN2O2/c1-2-14-7-9-15(10-8-14)22-25-19-13-16(11-12-20(19)27-22)24-21(26)17-5-3-4-6-18(17)23/h3-13H,2H2,1H3,(H,24,26). The average Bonchev–Trinajstić information content (AvgIpc) is 3.11. The zero-order chi connectivity index (χ0) is 18.8. The maximum atomic E-state index is 12.4. The molecule has 0 radical (unpaired) electrons. The molecule has 27 heavy (non-hydrogen) atoms. The highest BCUT2D eigenvalue weighted by Crippen LogP contribution is 2.27. The number of anilines is 1. The Morgan fingerprint density at radius 3 is 2.59 bits per heavy atom. The number of nitrogens with one attached hydrogen (secondary N) is 1. The lowest BCUT2D eigenvalue weighted by atomic mass is 10.1. The second kappa shape index (κ2) is 7.25. The summed E-state index contributed by atoms with van der Waals surface area (Å²) in [6.45, 7) is 2.12. The van der Waals surface area contributed by atoms with Gasteiger partial charge < -0.3 is 9.73 Å². The van der Waals surface area contributed by atoms with Crippen LogP contribution in [0.5, 0.6) is 0 Å². The van der Waals surface area contributed by atoms with E-state index in [1.165, 1.54) is 5.56 Å². The molecule has 5 heteroatoms. The number of amides is 1. The van der Waals surface area contributed by atoms with Gasteiger partial charge >= 0.3 is 0 Å². The van der Waals surface area contributed by atoms with Crippen LogP contribution in [-0.2, 0) is 6.42 Å². The van der Waals surface area contributed by atoms with Crippen LogP contribution in [0.3, 0.4) is 0 Å². The number of hydrogen-bond donors (Lipinski definition) is 1. The van der Waals surface area contributed by atoms with Gasteiger partial charge in [0.05, 0.1) is 10.6 Å². The topological polar surface area (TPSA) is 55.1 Å². The van der Waals surface area contributed by atoms with E-state index in [-0.39, 0.29) is 5.91 Å². The van der Waals surface area contributed by atoms with E-state index in [1.54, 1.807) is 42.5 Å². The normalized spacial score (nSPS) is 10.9. The first-order valence-corrected chi connectivity index (χ1v) is 9.07. The van der Waals surface area contributed by atoms with Gasteiger partial charge in [-0.25, -0.2) is 4.98 Å². The smallest absolute Gasteiger partial charge is 0.257 e. The third kappa shape index (κ3) is 3.57. The molecule has 1 N–H and O–H groups in total. The molecular weight excluding hydrogens is 360 g/mol. The molecule has 0 spiro atoms. The summed E-state index contributed by atoms with van der Waals surface area (Å²) in [5.74, 6) is 0.293. The third-order valence-corrected chi connectivity index (χ3v) is 4.70. The predicted octanol–water partition coefficient (Wildman–Crippen LogP) is 5.96. The van der Waals surface area contributed by atoms with Crippen LogP contribution in [0.2, 0.25) is 5.02 Å². The number of benzene rings is 3. The lowest BCUT2D eigenvalue weighted by Crippen LogP contribution is -2.12. The van der Waals surface area contributed by atoms with Crippen molar-refractivity contribution in [3.63, 3.8) is 0 Å². The van der Waals surface area contributed by atoms with Gasteiger partial charge in [-0.2, -0.15) is 0 Å². The second-order valence-corrected chi connectivity index (χ2v) is 6.59. The van der Waals surface area contributed by atoms with Gasteiger partial charge in [0, 0.05) is 11.3 Å². The number of rotatable bonds is 4. The fraction of sp³-hybridized carbons (Fsp3) is 0.0909. The zero-order valence-electron chi connectivity index (χ0n) is 14.7. The van der Waals surface area contributed by atoms with Crippen LogP contribution in [0.15, 0.2) is 71.1 Å². The molecule has 0 saturated carbocycles. The van der Waals surface area contributed by atoms with Crippen LogP contribution in [0, 0.1) is 0 Å². The van der Waals surface area contributed by atoms with Crippen molar-refractivity contribution in [2.24, 2.45) is 0 Å². The summed E-state index contributed by atoms with van der Waals surface area (Å²) in [5, 5.41) is 3.26. The molecule has 3 aromatic carbocycles. The minimum Gasteiger partial charge on any atom is -0.436 e. The lowest BCUT2D eigenvalue weighted by Gasteiger charge is -2.06. The van der Waals surface area contributed by atoms with E-state index in [0.29, 0.717) is 33.3 Å². The fourth-order valence-electron chi connectivity index (χ4n) is 2.86. The quantitative estimate of drug-likeness (QED) is 0.478. The van der Waals surface area contributed by atoms with Gasteiger partial charge in [-0.1, -0.05) is 42.8 Å². The molecule has 134 valence electrons. The average molecular weight is 377 g/mol. The highest BCUT2D eigenvalue weighted by Gasteiger charge is 2.12. The molecule has 0 bridgehead atoms.